The third-order valence-electron chi connectivity index (χ3n) is 6.79. The summed E-state index contributed by atoms with van der Waals surface area (Å²) in [5.41, 5.74) is 4.19. The second kappa shape index (κ2) is 8.24. The zero-order valence-corrected chi connectivity index (χ0v) is 18.1. The van der Waals surface area contributed by atoms with Crippen LogP contribution >= 0.6 is 0 Å². The Kier molecular flexibility index (Phi) is 5.46. The highest BCUT2D eigenvalue weighted by molar-refractivity contribution is 5.47. The van der Waals surface area contributed by atoms with Gasteiger partial charge in [0.05, 0.1) is 13.2 Å². The average molecular weight is 409 g/mol. The van der Waals surface area contributed by atoms with Crippen molar-refractivity contribution in [3.05, 3.63) is 59.2 Å². The molecule has 5 rings (SSSR count). The Morgan fingerprint density at radius 3 is 2.17 bits per heavy atom. The first-order chi connectivity index (χ1) is 14.6. The number of benzene rings is 2. The maximum Gasteiger partial charge on any atom is 0.119 e. The van der Waals surface area contributed by atoms with Crippen LogP contribution in [0.4, 0.5) is 0 Å². The Labute approximate surface area is 179 Å². The molecule has 2 heterocycles. The molecule has 4 unspecified atom stereocenters. The van der Waals surface area contributed by atoms with Crippen LogP contribution in [-0.4, -0.2) is 38.6 Å². The largest absolute Gasteiger partial charge is 0.491 e. The predicted molar refractivity (Wildman–Crippen MR) is 117 cm³/mol. The van der Waals surface area contributed by atoms with Crippen LogP contribution < -0.4 is 9.47 Å². The minimum Gasteiger partial charge on any atom is -0.491 e. The van der Waals surface area contributed by atoms with Gasteiger partial charge in [0.15, 0.2) is 0 Å². The van der Waals surface area contributed by atoms with Gasteiger partial charge >= 0.3 is 0 Å². The number of epoxide rings is 2. The Bertz CT molecular complexity index is 869. The van der Waals surface area contributed by atoms with E-state index < -0.39 is 0 Å². The van der Waals surface area contributed by atoms with Crippen molar-refractivity contribution in [2.75, 3.05) is 26.4 Å². The lowest BCUT2D eigenvalue weighted by molar-refractivity contribution is 0.259. The Hall–Kier alpha value is -2.04. The maximum absolute atomic E-state index is 5.93. The van der Waals surface area contributed by atoms with E-state index in [9.17, 15) is 0 Å². The fourth-order valence-corrected chi connectivity index (χ4v) is 5.05. The van der Waals surface area contributed by atoms with Gasteiger partial charge in [0.25, 0.3) is 0 Å². The Morgan fingerprint density at radius 2 is 1.57 bits per heavy atom. The second-order valence-electron chi connectivity index (χ2n) is 9.32. The highest BCUT2D eigenvalue weighted by atomic mass is 16.6. The summed E-state index contributed by atoms with van der Waals surface area (Å²) in [6.45, 7) is 7.56. The minimum atomic E-state index is 0.0536. The average Bonchev–Trinajstić information content (AvgIpc) is 3.66. The van der Waals surface area contributed by atoms with Gasteiger partial charge in [0, 0.05) is 5.41 Å². The third kappa shape index (κ3) is 4.35. The number of hydrogen-bond acceptors (Lipinski definition) is 4. The molecule has 30 heavy (non-hydrogen) atoms. The van der Waals surface area contributed by atoms with Crippen LogP contribution in [0.5, 0.6) is 11.5 Å². The van der Waals surface area contributed by atoms with Gasteiger partial charge in [-0.1, -0.05) is 38.0 Å². The molecule has 4 heteroatoms. The van der Waals surface area contributed by atoms with E-state index in [1.165, 1.54) is 42.4 Å². The number of aryl methyl sites for hydroxylation is 1. The molecular formula is C26H32O4. The standard InChI is InChI=1S/C26H32O4/c1-18-4-3-11-26(13-18,20-5-7-21(8-6-20)27-14-23-16-29-23)25-10-9-22(12-19(25)2)28-15-24-17-30-24/h5-10,12,18,23-24H,3-4,11,13-17H2,1-2H3. The van der Waals surface area contributed by atoms with Crippen molar-refractivity contribution in [3.63, 3.8) is 0 Å². The molecule has 0 bridgehead atoms. The summed E-state index contributed by atoms with van der Waals surface area (Å²) >= 11 is 0. The van der Waals surface area contributed by atoms with Gasteiger partial charge < -0.3 is 18.9 Å². The number of hydrogen-bond donors (Lipinski definition) is 0. The number of ether oxygens (including phenoxy) is 4. The first-order valence-corrected chi connectivity index (χ1v) is 11.3. The van der Waals surface area contributed by atoms with Crippen molar-refractivity contribution in [2.45, 2.75) is 57.2 Å². The van der Waals surface area contributed by atoms with Crippen LogP contribution in [0.2, 0.25) is 0 Å². The molecule has 3 fully saturated rings. The van der Waals surface area contributed by atoms with E-state index in [0.29, 0.717) is 19.1 Å². The topological polar surface area (TPSA) is 43.5 Å². The molecule has 2 aliphatic heterocycles. The fourth-order valence-electron chi connectivity index (χ4n) is 5.05. The minimum absolute atomic E-state index is 0.0536. The SMILES string of the molecule is Cc1cc(OCC2CO2)ccc1C1(c2ccc(OCC3CO3)cc2)CCCC(C)C1. The van der Waals surface area contributed by atoms with Crippen molar-refractivity contribution >= 4 is 0 Å². The Morgan fingerprint density at radius 1 is 0.933 bits per heavy atom. The van der Waals surface area contributed by atoms with Crippen LogP contribution in [0.3, 0.4) is 0 Å². The maximum atomic E-state index is 5.93. The van der Waals surface area contributed by atoms with Crippen LogP contribution in [0.1, 0.15) is 49.3 Å². The lowest BCUT2D eigenvalue weighted by Crippen LogP contribution is -2.34. The predicted octanol–water partition coefficient (Wildman–Crippen LogP) is 5.05. The molecule has 3 aliphatic rings. The smallest absolute Gasteiger partial charge is 0.119 e. The zero-order valence-electron chi connectivity index (χ0n) is 18.1. The lowest BCUT2D eigenvalue weighted by atomic mass is 9.62. The van der Waals surface area contributed by atoms with Crippen LogP contribution in [0.25, 0.3) is 0 Å². The van der Waals surface area contributed by atoms with E-state index >= 15 is 0 Å². The number of rotatable bonds is 8. The van der Waals surface area contributed by atoms with E-state index in [1.54, 1.807) is 0 Å². The van der Waals surface area contributed by atoms with E-state index in [4.69, 9.17) is 18.9 Å². The molecule has 2 saturated heterocycles. The lowest BCUT2D eigenvalue weighted by Gasteiger charge is -2.42. The van der Waals surface area contributed by atoms with Crippen molar-refractivity contribution in [3.8, 4) is 11.5 Å². The normalized spacial score (nSPS) is 30.0. The molecule has 160 valence electrons. The molecule has 0 radical (unpaired) electrons. The molecule has 0 amide bonds. The molecule has 1 saturated carbocycles. The first kappa shape index (κ1) is 19.9. The molecule has 0 spiro atoms. The molecule has 0 aromatic heterocycles. The molecule has 4 nitrogen and oxygen atoms in total. The van der Waals surface area contributed by atoms with E-state index in [0.717, 1.165) is 24.7 Å². The van der Waals surface area contributed by atoms with Gasteiger partial charge in [-0.25, -0.2) is 0 Å². The van der Waals surface area contributed by atoms with Crippen molar-refractivity contribution in [1.82, 2.24) is 0 Å². The summed E-state index contributed by atoms with van der Waals surface area (Å²) in [5.74, 6) is 2.58. The fraction of sp³-hybridized carbons (Fsp3) is 0.538. The van der Waals surface area contributed by atoms with Gasteiger partial charge in [-0.3, -0.25) is 0 Å². The second-order valence-corrected chi connectivity index (χ2v) is 9.32. The van der Waals surface area contributed by atoms with Crippen LogP contribution in [0, 0.1) is 12.8 Å². The molecule has 0 N–H and O–H groups in total. The summed E-state index contributed by atoms with van der Waals surface area (Å²) in [6.07, 6.45) is 5.50. The quantitative estimate of drug-likeness (QED) is 0.574. The van der Waals surface area contributed by atoms with Gasteiger partial charge in [0.2, 0.25) is 0 Å². The van der Waals surface area contributed by atoms with Gasteiger partial charge in [-0.2, -0.15) is 0 Å². The molecule has 2 aromatic rings. The zero-order chi connectivity index (χ0) is 20.6. The van der Waals surface area contributed by atoms with Gasteiger partial charge in [0.1, 0.15) is 36.9 Å². The summed E-state index contributed by atoms with van der Waals surface area (Å²) in [7, 11) is 0. The summed E-state index contributed by atoms with van der Waals surface area (Å²) in [6, 6.07) is 15.4. The summed E-state index contributed by atoms with van der Waals surface area (Å²) in [5, 5.41) is 0. The van der Waals surface area contributed by atoms with Crippen LogP contribution in [0.15, 0.2) is 42.5 Å². The summed E-state index contributed by atoms with van der Waals surface area (Å²) in [4.78, 5) is 0. The molecular weight excluding hydrogens is 376 g/mol. The first-order valence-electron chi connectivity index (χ1n) is 11.3. The molecule has 4 atom stereocenters. The van der Waals surface area contributed by atoms with Crippen molar-refractivity contribution in [2.24, 2.45) is 5.92 Å². The monoisotopic (exact) mass is 408 g/mol. The molecule has 2 aromatic carbocycles. The van der Waals surface area contributed by atoms with Gasteiger partial charge in [-0.15, -0.1) is 0 Å². The van der Waals surface area contributed by atoms with Crippen molar-refractivity contribution < 1.29 is 18.9 Å². The van der Waals surface area contributed by atoms with Gasteiger partial charge in [-0.05, 0) is 66.6 Å². The van der Waals surface area contributed by atoms with E-state index in [2.05, 4.69) is 56.3 Å². The Balaban J connectivity index is 1.42. The third-order valence-corrected chi connectivity index (χ3v) is 6.79. The van der Waals surface area contributed by atoms with E-state index in [1.807, 2.05) is 0 Å². The summed E-state index contributed by atoms with van der Waals surface area (Å²) < 4.78 is 22.3. The highest BCUT2D eigenvalue weighted by Crippen LogP contribution is 2.48. The molecule has 1 aliphatic carbocycles. The van der Waals surface area contributed by atoms with Crippen LogP contribution in [-0.2, 0) is 14.9 Å². The van der Waals surface area contributed by atoms with E-state index in [-0.39, 0.29) is 17.6 Å². The highest BCUT2D eigenvalue weighted by Gasteiger charge is 2.39. The van der Waals surface area contributed by atoms with Crippen molar-refractivity contribution in [1.29, 1.82) is 0 Å².